The summed E-state index contributed by atoms with van der Waals surface area (Å²) in [7, 11) is 1.69. The Morgan fingerprint density at radius 1 is 1.22 bits per heavy atom. The Hall–Kier alpha value is -2.24. The Balaban J connectivity index is 2.32. The number of nitrogens with one attached hydrogen (secondary N) is 2. The van der Waals surface area contributed by atoms with Gasteiger partial charge in [0.05, 0.1) is 0 Å². The molecule has 23 heavy (non-hydrogen) atoms. The van der Waals surface area contributed by atoms with E-state index < -0.39 is 5.60 Å². The molecule has 0 spiro atoms. The molecule has 0 radical (unpaired) electrons. The van der Waals surface area contributed by atoms with Gasteiger partial charge in [-0.2, -0.15) is 0 Å². The van der Waals surface area contributed by atoms with Crippen molar-refractivity contribution in [2.45, 2.75) is 33.3 Å². The minimum atomic E-state index is -0.512. The number of carbonyl (C=O) groups is 2. The number of nitrogens with zero attached hydrogens (tertiary/aromatic N) is 1. The second-order valence-corrected chi connectivity index (χ2v) is 6.67. The first-order chi connectivity index (χ1) is 10.7. The van der Waals surface area contributed by atoms with Gasteiger partial charge in [-0.3, -0.25) is 0 Å². The van der Waals surface area contributed by atoms with Crippen molar-refractivity contribution < 1.29 is 14.3 Å². The monoisotopic (exact) mass is 321 g/mol. The molecule has 0 saturated carbocycles. The molecule has 1 aromatic rings. The fourth-order valence-electron chi connectivity index (χ4n) is 1.91. The minimum absolute atomic E-state index is 0.106. The molecule has 0 aliphatic rings. The van der Waals surface area contributed by atoms with E-state index in [0.717, 1.165) is 5.69 Å². The van der Waals surface area contributed by atoms with Gasteiger partial charge in [0, 0.05) is 25.8 Å². The lowest BCUT2D eigenvalue weighted by Gasteiger charge is -2.26. The first-order valence-corrected chi connectivity index (χ1v) is 7.71. The van der Waals surface area contributed by atoms with Crippen LogP contribution >= 0.6 is 0 Å². The minimum Gasteiger partial charge on any atom is -0.444 e. The maximum atomic E-state index is 11.9. The summed E-state index contributed by atoms with van der Waals surface area (Å²) in [6, 6.07) is 8.97. The lowest BCUT2D eigenvalue weighted by atomic mass is 10.1. The van der Waals surface area contributed by atoms with Crippen LogP contribution in [0.1, 0.15) is 27.7 Å². The largest absolute Gasteiger partial charge is 0.444 e. The van der Waals surface area contributed by atoms with Crippen molar-refractivity contribution in [1.82, 2.24) is 10.2 Å². The highest BCUT2D eigenvalue weighted by Gasteiger charge is 2.20. The fourth-order valence-corrected chi connectivity index (χ4v) is 1.91. The lowest BCUT2D eigenvalue weighted by Crippen LogP contribution is -2.40. The van der Waals surface area contributed by atoms with Gasteiger partial charge in [-0.05, 0) is 38.8 Å². The first kappa shape index (κ1) is 18.8. The van der Waals surface area contributed by atoms with Crippen molar-refractivity contribution in [3.8, 4) is 0 Å². The van der Waals surface area contributed by atoms with Crippen LogP contribution in [0.5, 0.6) is 0 Å². The highest BCUT2D eigenvalue weighted by atomic mass is 16.6. The number of para-hydroxylation sites is 1. The Labute approximate surface area is 138 Å². The molecule has 0 heterocycles. The summed E-state index contributed by atoms with van der Waals surface area (Å²) in [4.78, 5) is 25.2. The van der Waals surface area contributed by atoms with Gasteiger partial charge in [-0.15, -0.1) is 0 Å². The summed E-state index contributed by atoms with van der Waals surface area (Å²) in [5.41, 5.74) is 0.228. The van der Waals surface area contributed by atoms with E-state index in [9.17, 15) is 9.59 Å². The standard InChI is InChI=1S/C17H27N3O3/c1-13(12-20(5)16(22)23-17(2,3)4)11-18-15(21)19-14-9-7-6-8-10-14/h6-10,13H,11-12H2,1-5H3,(H2,18,19,21)/t13-/m1/s1. The van der Waals surface area contributed by atoms with Crippen LogP contribution in [0.2, 0.25) is 0 Å². The molecule has 0 aromatic heterocycles. The van der Waals surface area contributed by atoms with E-state index >= 15 is 0 Å². The van der Waals surface area contributed by atoms with Crippen molar-refractivity contribution in [3.63, 3.8) is 0 Å². The van der Waals surface area contributed by atoms with E-state index in [0.29, 0.717) is 13.1 Å². The van der Waals surface area contributed by atoms with Gasteiger partial charge < -0.3 is 20.3 Å². The predicted octanol–water partition coefficient (Wildman–Crippen LogP) is 3.31. The number of ether oxygens (including phenoxy) is 1. The molecule has 0 aliphatic heterocycles. The summed E-state index contributed by atoms with van der Waals surface area (Å²) < 4.78 is 5.29. The van der Waals surface area contributed by atoms with Crippen molar-refractivity contribution in [2.75, 3.05) is 25.5 Å². The topological polar surface area (TPSA) is 70.7 Å². The number of carbonyl (C=O) groups excluding carboxylic acids is 2. The van der Waals surface area contributed by atoms with Crippen LogP contribution in [0.15, 0.2) is 30.3 Å². The molecule has 0 unspecified atom stereocenters. The van der Waals surface area contributed by atoms with E-state index in [4.69, 9.17) is 4.74 Å². The normalized spacial score (nSPS) is 12.2. The predicted molar refractivity (Wildman–Crippen MR) is 91.5 cm³/mol. The SMILES string of the molecule is C[C@H](CNC(=O)Nc1ccccc1)CN(C)C(=O)OC(C)(C)C. The van der Waals surface area contributed by atoms with Gasteiger partial charge >= 0.3 is 12.1 Å². The number of rotatable bonds is 5. The number of hydrogen-bond acceptors (Lipinski definition) is 3. The van der Waals surface area contributed by atoms with E-state index in [1.54, 1.807) is 7.05 Å². The Kier molecular flexibility index (Phi) is 6.88. The molecule has 0 bridgehead atoms. The second-order valence-electron chi connectivity index (χ2n) is 6.67. The smallest absolute Gasteiger partial charge is 0.410 e. The first-order valence-electron chi connectivity index (χ1n) is 7.71. The van der Waals surface area contributed by atoms with Gasteiger partial charge in [-0.25, -0.2) is 9.59 Å². The zero-order chi connectivity index (χ0) is 17.5. The zero-order valence-electron chi connectivity index (χ0n) is 14.6. The maximum absolute atomic E-state index is 11.9. The number of urea groups is 1. The Bertz CT molecular complexity index is 512. The van der Waals surface area contributed by atoms with Gasteiger partial charge in [0.2, 0.25) is 0 Å². The van der Waals surface area contributed by atoms with Crippen molar-refractivity contribution in [1.29, 1.82) is 0 Å². The second kappa shape index (κ2) is 8.41. The van der Waals surface area contributed by atoms with Crippen molar-refractivity contribution >= 4 is 17.8 Å². The molecule has 1 aromatic carbocycles. The molecule has 6 heteroatoms. The summed E-state index contributed by atoms with van der Waals surface area (Å²) in [6.07, 6.45) is -0.363. The van der Waals surface area contributed by atoms with Crippen LogP contribution in [-0.2, 0) is 4.74 Å². The van der Waals surface area contributed by atoms with Crippen LogP contribution in [0.3, 0.4) is 0 Å². The third-order valence-corrected chi connectivity index (χ3v) is 2.93. The lowest BCUT2D eigenvalue weighted by molar-refractivity contribution is 0.0278. The van der Waals surface area contributed by atoms with E-state index in [-0.39, 0.29) is 18.0 Å². The third-order valence-electron chi connectivity index (χ3n) is 2.93. The molecule has 3 amide bonds. The Morgan fingerprint density at radius 2 is 1.83 bits per heavy atom. The molecule has 0 fully saturated rings. The molecule has 128 valence electrons. The van der Waals surface area contributed by atoms with Crippen LogP contribution in [0.4, 0.5) is 15.3 Å². The molecule has 0 saturated heterocycles. The molecule has 0 aliphatic carbocycles. The number of amides is 3. The maximum Gasteiger partial charge on any atom is 0.410 e. The molecule has 6 nitrogen and oxygen atoms in total. The van der Waals surface area contributed by atoms with Gasteiger partial charge in [0.15, 0.2) is 0 Å². The van der Waals surface area contributed by atoms with Crippen molar-refractivity contribution in [3.05, 3.63) is 30.3 Å². The molecule has 1 rings (SSSR count). The molecular weight excluding hydrogens is 294 g/mol. The fraction of sp³-hybridized carbons (Fsp3) is 0.529. The van der Waals surface area contributed by atoms with Crippen LogP contribution < -0.4 is 10.6 Å². The van der Waals surface area contributed by atoms with E-state index in [1.165, 1.54) is 4.90 Å². The zero-order valence-corrected chi connectivity index (χ0v) is 14.6. The number of hydrogen-bond donors (Lipinski definition) is 2. The van der Waals surface area contributed by atoms with Crippen molar-refractivity contribution in [2.24, 2.45) is 5.92 Å². The van der Waals surface area contributed by atoms with Gasteiger partial charge in [0.1, 0.15) is 5.60 Å². The summed E-state index contributed by atoms with van der Waals surface area (Å²) >= 11 is 0. The highest BCUT2D eigenvalue weighted by Crippen LogP contribution is 2.10. The summed E-state index contributed by atoms with van der Waals surface area (Å²) in [6.45, 7) is 8.42. The van der Waals surface area contributed by atoms with E-state index in [2.05, 4.69) is 10.6 Å². The highest BCUT2D eigenvalue weighted by molar-refractivity contribution is 5.89. The van der Waals surface area contributed by atoms with Crippen LogP contribution in [0.25, 0.3) is 0 Å². The van der Waals surface area contributed by atoms with E-state index in [1.807, 2.05) is 58.0 Å². The molecular formula is C17H27N3O3. The molecule has 2 N–H and O–H groups in total. The third kappa shape index (κ3) is 8.09. The van der Waals surface area contributed by atoms with Crippen LogP contribution in [-0.4, -0.2) is 42.8 Å². The van der Waals surface area contributed by atoms with Gasteiger partial charge in [0.25, 0.3) is 0 Å². The van der Waals surface area contributed by atoms with Crippen LogP contribution in [0, 0.1) is 5.92 Å². The Morgan fingerprint density at radius 3 is 2.39 bits per heavy atom. The quantitative estimate of drug-likeness (QED) is 0.874. The number of anilines is 1. The summed E-state index contributed by atoms with van der Waals surface area (Å²) in [5.74, 6) is 0.106. The van der Waals surface area contributed by atoms with Gasteiger partial charge in [-0.1, -0.05) is 25.1 Å². The summed E-state index contributed by atoms with van der Waals surface area (Å²) in [5, 5.41) is 5.54. The average Bonchev–Trinajstić information content (AvgIpc) is 2.44. The number of benzene rings is 1. The molecule has 1 atom stereocenters. The average molecular weight is 321 g/mol.